The van der Waals surface area contributed by atoms with Gasteiger partial charge in [-0.05, 0) is 86.2 Å². The first-order chi connectivity index (χ1) is 19.2. The van der Waals surface area contributed by atoms with E-state index in [0.717, 1.165) is 18.4 Å². The van der Waals surface area contributed by atoms with Gasteiger partial charge < -0.3 is 4.40 Å². The highest BCUT2D eigenvalue weighted by atomic mass is 14.9. The summed E-state index contributed by atoms with van der Waals surface area (Å²) in [7, 11) is 0. The van der Waals surface area contributed by atoms with Crippen molar-refractivity contribution >= 4 is 59.8 Å². The maximum atomic E-state index is 5.10. The summed E-state index contributed by atoms with van der Waals surface area (Å²) in [5.74, 6) is 0. The zero-order valence-electron chi connectivity index (χ0n) is 26.2. The maximum Gasteiger partial charge on any atom is 0.0823 e. The second-order valence-electron chi connectivity index (χ2n) is 15.8. The summed E-state index contributed by atoms with van der Waals surface area (Å²) in [6.45, 7) is 21.0. The second kappa shape index (κ2) is 8.44. The Labute approximate surface area is 243 Å². The summed E-state index contributed by atoms with van der Waals surface area (Å²) in [4.78, 5) is 5.10. The summed E-state index contributed by atoms with van der Waals surface area (Å²) in [6.07, 6.45) is 4.04. The van der Waals surface area contributed by atoms with Gasteiger partial charge in [-0.3, -0.25) is 4.98 Å². The minimum absolute atomic E-state index is 0.0859. The first kappa shape index (κ1) is 26.3. The summed E-state index contributed by atoms with van der Waals surface area (Å²) in [5, 5.41) is 9.13. The van der Waals surface area contributed by atoms with Gasteiger partial charge in [0.2, 0.25) is 0 Å². The van der Waals surface area contributed by atoms with Crippen LogP contribution < -0.4 is 0 Å². The van der Waals surface area contributed by atoms with Crippen molar-refractivity contribution in [1.29, 1.82) is 0 Å². The number of nitrogens with zero attached hydrogens (tertiary/aromatic N) is 2. The number of benzene rings is 4. The zero-order chi connectivity index (χ0) is 29.1. The number of hydrogen-bond donors (Lipinski definition) is 0. The lowest BCUT2D eigenvalue weighted by molar-refractivity contribution is 0.411. The van der Waals surface area contributed by atoms with E-state index in [1.54, 1.807) is 0 Å². The SMILES string of the molecule is CC(C)(C)Cc1ccc2c(CC(C)(C)C)c3c(cc2c1)c1nccc2ccc4c5cc(C(C)(C)C)ccc5n3c4c21. The molecule has 0 aliphatic rings. The van der Waals surface area contributed by atoms with Crippen LogP contribution in [0, 0.1) is 10.8 Å². The van der Waals surface area contributed by atoms with E-state index in [1.807, 2.05) is 6.20 Å². The van der Waals surface area contributed by atoms with Gasteiger partial charge in [0.15, 0.2) is 0 Å². The van der Waals surface area contributed by atoms with Gasteiger partial charge in [-0.1, -0.05) is 98.7 Å². The van der Waals surface area contributed by atoms with Crippen molar-refractivity contribution in [2.45, 2.75) is 80.6 Å². The van der Waals surface area contributed by atoms with Crippen LogP contribution >= 0.6 is 0 Å². The Morgan fingerprint density at radius 2 is 1.34 bits per heavy atom. The zero-order valence-corrected chi connectivity index (χ0v) is 26.2. The Hall–Kier alpha value is -3.65. The number of rotatable bonds is 2. The van der Waals surface area contributed by atoms with Crippen LogP contribution in [0.2, 0.25) is 0 Å². The molecule has 2 heteroatoms. The molecule has 7 aromatic rings. The van der Waals surface area contributed by atoms with E-state index in [1.165, 1.54) is 70.9 Å². The molecule has 41 heavy (non-hydrogen) atoms. The van der Waals surface area contributed by atoms with Crippen molar-refractivity contribution in [3.05, 3.63) is 83.6 Å². The third kappa shape index (κ3) is 4.18. The molecule has 0 radical (unpaired) electrons. The molecule has 2 nitrogen and oxygen atoms in total. The number of aromatic nitrogens is 2. The molecule has 0 aliphatic heterocycles. The summed E-state index contributed by atoms with van der Waals surface area (Å²) in [6, 6.07) is 23.6. The lowest BCUT2D eigenvalue weighted by Gasteiger charge is -2.24. The van der Waals surface area contributed by atoms with E-state index < -0.39 is 0 Å². The van der Waals surface area contributed by atoms with E-state index in [9.17, 15) is 0 Å². The average Bonchev–Trinajstić information content (AvgIpc) is 3.20. The Kier molecular flexibility index (Phi) is 5.41. The minimum Gasteiger partial charge on any atom is -0.308 e. The highest BCUT2D eigenvalue weighted by Gasteiger charge is 2.25. The van der Waals surface area contributed by atoms with Crippen molar-refractivity contribution in [2.75, 3.05) is 0 Å². The van der Waals surface area contributed by atoms with Gasteiger partial charge in [-0.25, -0.2) is 0 Å². The van der Waals surface area contributed by atoms with Crippen LogP contribution in [0.1, 0.15) is 79.0 Å². The standard InChI is InChI=1S/C39H42N2/c1-37(2,3)21-23-10-13-27-25(18-23)19-30-34-33-24(16-17-40-34)11-14-28-29-20-26(39(7,8)9)12-15-32(29)41(36(28)33)35(30)31(27)22-38(4,5)6/h10-20H,21-22H2,1-9H3. The monoisotopic (exact) mass is 538 g/mol. The Morgan fingerprint density at radius 1 is 0.610 bits per heavy atom. The number of pyridine rings is 2. The fourth-order valence-corrected chi connectivity index (χ4v) is 7.06. The van der Waals surface area contributed by atoms with Crippen LogP contribution in [-0.4, -0.2) is 9.38 Å². The summed E-state index contributed by atoms with van der Waals surface area (Å²) in [5.41, 5.74) is 9.68. The van der Waals surface area contributed by atoms with E-state index >= 15 is 0 Å². The molecule has 0 saturated heterocycles. The predicted molar refractivity (Wildman–Crippen MR) is 179 cm³/mol. The first-order valence-electron chi connectivity index (χ1n) is 15.2. The number of hydrogen-bond acceptors (Lipinski definition) is 1. The van der Waals surface area contributed by atoms with Crippen LogP contribution in [0.4, 0.5) is 0 Å². The fraction of sp³-hybridized carbons (Fsp3) is 0.359. The average molecular weight is 539 g/mol. The second-order valence-corrected chi connectivity index (χ2v) is 15.8. The smallest absolute Gasteiger partial charge is 0.0823 e. The third-order valence-corrected chi connectivity index (χ3v) is 8.72. The predicted octanol–water partition coefficient (Wildman–Crippen LogP) is 11.0. The summed E-state index contributed by atoms with van der Waals surface area (Å²) >= 11 is 0. The van der Waals surface area contributed by atoms with Gasteiger partial charge in [0.25, 0.3) is 0 Å². The molecule has 0 fully saturated rings. The Bertz CT molecular complexity index is 2140. The topological polar surface area (TPSA) is 17.3 Å². The maximum absolute atomic E-state index is 5.10. The van der Waals surface area contributed by atoms with Crippen molar-refractivity contribution in [3.63, 3.8) is 0 Å². The van der Waals surface area contributed by atoms with Gasteiger partial charge in [-0.2, -0.15) is 0 Å². The van der Waals surface area contributed by atoms with E-state index in [0.29, 0.717) is 0 Å². The molecule has 0 aliphatic carbocycles. The van der Waals surface area contributed by atoms with Gasteiger partial charge in [-0.15, -0.1) is 0 Å². The molecule has 7 rings (SSSR count). The molecule has 4 aromatic carbocycles. The van der Waals surface area contributed by atoms with E-state index in [2.05, 4.69) is 127 Å². The molecule has 0 atom stereocenters. The van der Waals surface area contributed by atoms with Crippen molar-refractivity contribution in [1.82, 2.24) is 9.38 Å². The Morgan fingerprint density at radius 3 is 2.05 bits per heavy atom. The third-order valence-electron chi connectivity index (χ3n) is 8.72. The molecule has 3 aromatic heterocycles. The number of fused-ring (bicyclic) bond motifs is 7. The minimum atomic E-state index is 0.0859. The lowest BCUT2D eigenvalue weighted by Crippen LogP contribution is -2.12. The summed E-state index contributed by atoms with van der Waals surface area (Å²) < 4.78 is 2.59. The van der Waals surface area contributed by atoms with E-state index in [4.69, 9.17) is 4.98 Å². The van der Waals surface area contributed by atoms with Gasteiger partial charge >= 0.3 is 0 Å². The molecule has 0 unspecified atom stereocenters. The molecule has 0 spiro atoms. The highest BCUT2D eigenvalue weighted by molar-refractivity contribution is 6.29. The fourth-order valence-electron chi connectivity index (χ4n) is 7.06. The molecule has 0 N–H and O–H groups in total. The molecule has 0 bridgehead atoms. The van der Waals surface area contributed by atoms with Gasteiger partial charge in [0.1, 0.15) is 0 Å². The molecule has 0 amide bonds. The molecule has 208 valence electrons. The van der Waals surface area contributed by atoms with Crippen molar-refractivity contribution in [2.24, 2.45) is 10.8 Å². The van der Waals surface area contributed by atoms with Crippen molar-refractivity contribution in [3.8, 4) is 0 Å². The Balaban J connectivity index is 1.73. The van der Waals surface area contributed by atoms with Crippen LogP contribution in [0.25, 0.3) is 59.8 Å². The van der Waals surface area contributed by atoms with E-state index in [-0.39, 0.29) is 16.2 Å². The van der Waals surface area contributed by atoms with Crippen LogP contribution in [-0.2, 0) is 18.3 Å². The van der Waals surface area contributed by atoms with Crippen LogP contribution in [0.15, 0.2) is 66.9 Å². The highest BCUT2D eigenvalue weighted by Crippen LogP contribution is 2.45. The van der Waals surface area contributed by atoms with Gasteiger partial charge in [0, 0.05) is 27.7 Å². The van der Waals surface area contributed by atoms with Crippen LogP contribution in [0.5, 0.6) is 0 Å². The first-order valence-corrected chi connectivity index (χ1v) is 15.2. The largest absolute Gasteiger partial charge is 0.308 e. The normalized spacial score (nSPS) is 13.7. The molecular formula is C39H42N2. The quantitative estimate of drug-likeness (QED) is 0.158. The van der Waals surface area contributed by atoms with Crippen molar-refractivity contribution < 1.29 is 0 Å². The van der Waals surface area contributed by atoms with Gasteiger partial charge in [0.05, 0.1) is 22.1 Å². The molecule has 3 heterocycles. The van der Waals surface area contributed by atoms with Crippen LogP contribution in [0.3, 0.4) is 0 Å². The molecule has 0 saturated carbocycles. The molecular weight excluding hydrogens is 496 g/mol. The lowest BCUT2D eigenvalue weighted by atomic mass is 9.83.